The van der Waals surface area contributed by atoms with Gasteiger partial charge in [-0.1, -0.05) is 20.4 Å². The number of thiol groups is 1. The summed E-state index contributed by atoms with van der Waals surface area (Å²) in [6, 6.07) is 0. The van der Waals surface area contributed by atoms with E-state index in [1.807, 2.05) is 0 Å². The van der Waals surface area contributed by atoms with Gasteiger partial charge in [0.15, 0.2) is 0 Å². The lowest BCUT2D eigenvalue weighted by atomic mass is 10.1. The van der Waals surface area contributed by atoms with Crippen molar-refractivity contribution in [2.45, 2.75) is 33.3 Å². The molecule has 0 spiro atoms. The van der Waals surface area contributed by atoms with Gasteiger partial charge in [-0.2, -0.15) is 12.6 Å². The molecule has 0 aliphatic rings. The Morgan fingerprint density at radius 2 is 2.00 bits per heavy atom. The van der Waals surface area contributed by atoms with E-state index in [0.717, 1.165) is 12.0 Å². The smallest absolute Gasteiger partial charge is 0.0685 e. The summed E-state index contributed by atoms with van der Waals surface area (Å²) in [5.74, 6) is 1.42. The predicted octanol–water partition coefficient (Wildman–Crippen LogP) is 2.92. The van der Waals surface area contributed by atoms with Crippen LogP contribution < -0.4 is 0 Å². The molecule has 0 aromatic carbocycles. The van der Waals surface area contributed by atoms with Gasteiger partial charge in [-0.25, -0.2) is 0 Å². The highest BCUT2D eigenvalue weighted by molar-refractivity contribution is 7.80. The Balaban J connectivity index is 3.43. The van der Waals surface area contributed by atoms with Crippen LogP contribution in [0.5, 0.6) is 0 Å². The molecule has 0 aliphatic heterocycles. The van der Waals surface area contributed by atoms with Crippen molar-refractivity contribution < 1.29 is 4.74 Å². The zero-order valence-electron chi connectivity index (χ0n) is 8.34. The van der Waals surface area contributed by atoms with E-state index in [1.54, 1.807) is 0 Å². The molecule has 0 radical (unpaired) electrons. The quantitative estimate of drug-likeness (QED) is 0.498. The molecule has 0 saturated heterocycles. The fraction of sp³-hybridized carbons (Fsp3) is 0.800. The van der Waals surface area contributed by atoms with E-state index in [1.165, 1.54) is 0 Å². The molecule has 0 bridgehead atoms. The van der Waals surface area contributed by atoms with Crippen LogP contribution in [-0.2, 0) is 4.74 Å². The van der Waals surface area contributed by atoms with Gasteiger partial charge in [0.25, 0.3) is 0 Å². The molecule has 0 aliphatic carbocycles. The van der Waals surface area contributed by atoms with Gasteiger partial charge in [0.1, 0.15) is 0 Å². The van der Waals surface area contributed by atoms with Crippen molar-refractivity contribution in [3.05, 3.63) is 12.2 Å². The van der Waals surface area contributed by atoms with Gasteiger partial charge in [0, 0.05) is 5.75 Å². The van der Waals surface area contributed by atoms with Crippen molar-refractivity contribution in [3.63, 3.8) is 0 Å². The second-order valence-corrected chi connectivity index (χ2v) is 3.98. The van der Waals surface area contributed by atoms with Crippen molar-refractivity contribution in [3.8, 4) is 0 Å². The van der Waals surface area contributed by atoms with E-state index in [0.29, 0.717) is 24.4 Å². The Morgan fingerprint density at radius 3 is 2.42 bits per heavy atom. The fourth-order valence-electron chi connectivity index (χ4n) is 1.04. The molecule has 0 aromatic rings. The molecule has 72 valence electrons. The van der Waals surface area contributed by atoms with Crippen LogP contribution in [0.3, 0.4) is 0 Å². The van der Waals surface area contributed by atoms with E-state index < -0.39 is 0 Å². The molecule has 0 heterocycles. The third kappa shape index (κ3) is 6.74. The van der Waals surface area contributed by atoms with Crippen molar-refractivity contribution in [2.24, 2.45) is 5.92 Å². The molecule has 0 saturated carbocycles. The van der Waals surface area contributed by atoms with Crippen LogP contribution in [0.25, 0.3) is 0 Å². The molecule has 1 atom stereocenters. The molecule has 0 aromatic heterocycles. The van der Waals surface area contributed by atoms with E-state index >= 15 is 0 Å². The Bertz CT molecular complexity index is 132. The summed E-state index contributed by atoms with van der Waals surface area (Å²) in [4.78, 5) is 0. The second kappa shape index (κ2) is 6.55. The third-order valence-electron chi connectivity index (χ3n) is 1.60. The van der Waals surface area contributed by atoms with E-state index in [4.69, 9.17) is 4.74 Å². The van der Waals surface area contributed by atoms with Crippen LogP contribution >= 0.6 is 12.6 Å². The summed E-state index contributed by atoms with van der Waals surface area (Å²) in [6.45, 7) is 11.0. The minimum absolute atomic E-state index is 0.335. The first-order valence-electron chi connectivity index (χ1n) is 4.45. The molecular weight excluding hydrogens is 168 g/mol. The predicted molar refractivity (Wildman–Crippen MR) is 57.9 cm³/mol. The monoisotopic (exact) mass is 188 g/mol. The number of hydrogen-bond acceptors (Lipinski definition) is 2. The summed E-state index contributed by atoms with van der Waals surface area (Å²) in [5, 5.41) is 0. The molecular formula is C10H20OS. The maximum absolute atomic E-state index is 5.56. The molecule has 12 heavy (non-hydrogen) atoms. The van der Waals surface area contributed by atoms with Crippen LogP contribution in [0.1, 0.15) is 27.2 Å². The van der Waals surface area contributed by atoms with Crippen LogP contribution in [0.2, 0.25) is 0 Å². The molecule has 1 unspecified atom stereocenters. The first-order chi connectivity index (χ1) is 5.56. The highest BCUT2D eigenvalue weighted by atomic mass is 32.1. The van der Waals surface area contributed by atoms with Gasteiger partial charge >= 0.3 is 0 Å². The maximum atomic E-state index is 5.56. The minimum atomic E-state index is 0.335. The largest absolute Gasteiger partial charge is 0.374 e. The Kier molecular flexibility index (Phi) is 6.58. The van der Waals surface area contributed by atoms with Gasteiger partial charge in [-0.15, -0.1) is 0 Å². The van der Waals surface area contributed by atoms with Crippen molar-refractivity contribution in [2.75, 3.05) is 12.4 Å². The SMILES string of the molecule is C=C(CS)COC(C)CC(C)C. The Hall–Kier alpha value is 0.0500. The zero-order chi connectivity index (χ0) is 9.56. The fourth-order valence-corrected chi connectivity index (χ4v) is 1.13. The Labute approximate surface area is 81.6 Å². The van der Waals surface area contributed by atoms with Gasteiger partial charge in [-0.3, -0.25) is 0 Å². The lowest BCUT2D eigenvalue weighted by Gasteiger charge is -2.15. The third-order valence-corrected chi connectivity index (χ3v) is 2.05. The van der Waals surface area contributed by atoms with E-state index in [-0.39, 0.29) is 0 Å². The number of rotatable bonds is 6. The first kappa shape index (κ1) is 12.0. The summed E-state index contributed by atoms with van der Waals surface area (Å²) in [7, 11) is 0. The standard InChI is InChI=1S/C10H20OS/c1-8(2)5-10(4)11-6-9(3)7-12/h8,10,12H,3,5-7H2,1-2,4H3. The van der Waals surface area contributed by atoms with Crippen molar-refractivity contribution in [1.82, 2.24) is 0 Å². The summed E-state index contributed by atoms with van der Waals surface area (Å²) < 4.78 is 5.56. The van der Waals surface area contributed by atoms with E-state index in [2.05, 4.69) is 40.0 Å². The van der Waals surface area contributed by atoms with Gasteiger partial charge in [-0.05, 0) is 24.8 Å². The average Bonchev–Trinajstić information content (AvgIpc) is 1.99. The Morgan fingerprint density at radius 1 is 1.42 bits per heavy atom. The molecule has 0 amide bonds. The van der Waals surface area contributed by atoms with Crippen LogP contribution in [-0.4, -0.2) is 18.5 Å². The normalized spacial score (nSPS) is 13.4. The molecule has 2 heteroatoms. The maximum Gasteiger partial charge on any atom is 0.0685 e. The summed E-state index contributed by atoms with van der Waals surface area (Å²) >= 11 is 4.11. The highest BCUT2D eigenvalue weighted by Gasteiger charge is 2.04. The summed E-state index contributed by atoms with van der Waals surface area (Å²) in [5.41, 5.74) is 1.05. The zero-order valence-corrected chi connectivity index (χ0v) is 9.23. The first-order valence-corrected chi connectivity index (χ1v) is 5.08. The van der Waals surface area contributed by atoms with Crippen molar-refractivity contribution in [1.29, 1.82) is 0 Å². The molecule has 0 N–H and O–H groups in total. The van der Waals surface area contributed by atoms with Crippen molar-refractivity contribution >= 4 is 12.6 Å². The van der Waals surface area contributed by atoms with E-state index in [9.17, 15) is 0 Å². The van der Waals surface area contributed by atoms with Crippen LogP contribution in [0.4, 0.5) is 0 Å². The number of hydrogen-bond donors (Lipinski definition) is 1. The minimum Gasteiger partial charge on any atom is -0.374 e. The lowest BCUT2D eigenvalue weighted by Crippen LogP contribution is -2.13. The highest BCUT2D eigenvalue weighted by Crippen LogP contribution is 2.08. The van der Waals surface area contributed by atoms with Crippen LogP contribution in [0, 0.1) is 5.92 Å². The molecule has 0 rings (SSSR count). The van der Waals surface area contributed by atoms with Gasteiger partial charge in [0.05, 0.1) is 12.7 Å². The lowest BCUT2D eigenvalue weighted by molar-refractivity contribution is 0.0684. The van der Waals surface area contributed by atoms with Gasteiger partial charge < -0.3 is 4.74 Å². The topological polar surface area (TPSA) is 9.23 Å². The molecule has 1 nitrogen and oxygen atoms in total. The number of ether oxygens (including phenoxy) is 1. The molecule has 0 fully saturated rings. The van der Waals surface area contributed by atoms with Crippen LogP contribution in [0.15, 0.2) is 12.2 Å². The second-order valence-electron chi connectivity index (χ2n) is 3.66. The summed E-state index contributed by atoms with van der Waals surface area (Å²) in [6.07, 6.45) is 1.45. The average molecular weight is 188 g/mol. The van der Waals surface area contributed by atoms with Gasteiger partial charge in [0.2, 0.25) is 0 Å².